The quantitative estimate of drug-likeness (QED) is 0.846. The van der Waals surface area contributed by atoms with Crippen LogP contribution in [-0.2, 0) is 6.42 Å². The molecule has 2 nitrogen and oxygen atoms in total. The van der Waals surface area contributed by atoms with Crippen LogP contribution in [0.2, 0.25) is 0 Å². The van der Waals surface area contributed by atoms with E-state index in [0.717, 1.165) is 18.4 Å². The molecule has 3 heteroatoms. The zero-order chi connectivity index (χ0) is 13.2. The Morgan fingerprint density at radius 3 is 2.89 bits per heavy atom. The Balaban J connectivity index is 1.92. The molecule has 0 aromatic heterocycles. The van der Waals surface area contributed by atoms with Gasteiger partial charge in [-0.25, -0.2) is 0 Å². The zero-order valence-electron chi connectivity index (χ0n) is 10.4. The van der Waals surface area contributed by atoms with Crippen LogP contribution in [0.4, 0.5) is 5.69 Å². The molecule has 19 heavy (non-hydrogen) atoms. The van der Waals surface area contributed by atoms with Crippen LogP contribution in [-0.4, -0.2) is 0 Å². The highest BCUT2D eigenvalue weighted by molar-refractivity contribution is 9.10. The molecule has 0 saturated carbocycles. The van der Waals surface area contributed by atoms with Crippen molar-refractivity contribution in [1.29, 1.82) is 5.26 Å². The van der Waals surface area contributed by atoms with Crippen LogP contribution < -0.4 is 5.32 Å². The number of benzene rings is 2. The first-order chi connectivity index (χ1) is 9.28. The molecule has 94 valence electrons. The summed E-state index contributed by atoms with van der Waals surface area (Å²) in [5.74, 6) is 0. The molecular formula is C16H13BrN2. The van der Waals surface area contributed by atoms with Crippen LogP contribution >= 0.6 is 15.9 Å². The lowest BCUT2D eigenvalue weighted by atomic mass is 9.93. The van der Waals surface area contributed by atoms with Gasteiger partial charge < -0.3 is 5.32 Å². The molecular weight excluding hydrogens is 300 g/mol. The summed E-state index contributed by atoms with van der Waals surface area (Å²) >= 11 is 3.60. The summed E-state index contributed by atoms with van der Waals surface area (Å²) in [6.07, 6.45) is 2.09. The highest BCUT2D eigenvalue weighted by atomic mass is 79.9. The number of halogens is 1. The maximum Gasteiger partial charge on any atom is 0.0991 e. The van der Waals surface area contributed by atoms with Gasteiger partial charge in [-0.05, 0) is 48.2 Å². The minimum atomic E-state index is 0.287. The smallest absolute Gasteiger partial charge is 0.0991 e. The Morgan fingerprint density at radius 2 is 2.05 bits per heavy atom. The van der Waals surface area contributed by atoms with Gasteiger partial charge in [-0.3, -0.25) is 0 Å². The van der Waals surface area contributed by atoms with Gasteiger partial charge in [0.25, 0.3) is 0 Å². The third kappa shape index (κ3) is 2.36. The van der Waals surface area contributed by atoms with E-state index in [9.17, 15) is 0 Å². The standard InChI is InChI=1S/C16H13BrN2/c17-14-5-2-6-16-13(14)7-8-15(19-16)12-4-1-3-11(9-12)10-18/h1-6,9,15,19H,7-8H2. The summed E-state index contributed by atoms with van der Waals surface area (Å²) in [6.45, 7) is 0. The van der Waals surface area contributed by atoms with Gasteiger partial charge in [0.15, 0.2) is 0 Å². The van der Waals surface area contributed by atoms with Crippen molar-refractivity contribution >= 4 is 21.6 Å². The van der Waals surface area contributed by atoms with Crippen molar-refractivity contribution in [3.05, 3.63) is 63.6 Å². The van der Waals surface area contributed by atoms with Crippen LogP contribution in [0.25, 0.3) is 0 Å². The minimum Gasteiger partial charge on any atom is -0.378 e. The van der Waals surface area contributed by atoms with Crippen LogP contribution in [0.1, 0.15) is 29.2 Å². The molecule has 0 bridgehead atoms. The number of nitrogens with one attached hydrogen (secondary N) is 1. The predicted molar refractivity (Wildman–Crippen MR) is 80.0 cm³/mol. The molecule has 1 N–H and O–H groups in total. The van der Waals surface area contributed by atoms with Gasteiger partial charge in [0.2, 0.25) is 0 Å². The van der Waals surface area contributed by atoms with E-state index in [-0.39, 0.29) is 6.04 Å². The van der Waals surface area contributed by atoms with E-state index in [4.69, 9.17) is 5.26 Å². The Morgan fingerprint density at radius 1 is 1.21 bits per heavy atom. The first-order valence-corrected chi connectivity index (χ1v) is 7.11. The van der Waals surface area contributed by atoms with Crippen LogP contribution in [0.15, 0.2) is 46.9 Å². The van der Waals surface area contributed by atoms with E-state index >= 15 is 0 Å². The molecule has 3 rings (SSSR count). The average molecular weight is 313 g/mol. The highest BCUT2D eigenvalue weighted by Gasteiger charge is 2.20. The Hall–Kier alpha value is -1.79. The van der Waals surface area contributed by atoms with Gasteiger partial charge in [-0.1, -0.05) is 34.1 Å². The first kappa shape index (κ1) is 12.3. The summed E-state index contributed by atoms with van der Waals surface area (Å²) < 4.78 is 1.17. The van der Waals surface area contributed by atoms with Crippen LogP contribution in [0.5, 0.6) is 0 Å². The molecule has 1 atom stereocenters. The Bertz CT molecular complexity index is 658. The fourth-order valence-electron chi connectivity index (χ4n) is 2.57. The molecule has 0 amide bonds. The third-order valence-electron chi connectivity index (χ3n) is 3.55. The average Bonchev–Trinajstić information content (AvgIpc) is 2.47. The molecule has 0 spiro atoms. The lowest BCUT2D eigenvalue weighted by Crippen LogP contribution is -2.18. The van der Waals surface area contributed by atoms with Crippen LogP contribution in [0, 0.1) is 11.3 Å². The van der Waals surface area contributed by atoms with Crippen molar-refractivity contribution in [1.82, 2.24) is 0 Å². The second-order valence-corrected chi connectivity index (χ2v) is 5.59. The summed E-state index contributed by atoms with van der Waals surface area (Å²) in [4.78, 5) is 0. The molecule has 1 aliphatic heterocycles. The summed E-state index contributed by atoms with van der Waals surface area (Å²) in [7, 11) is 0. The van der Waals surface area contributed by atoms with E-state index in [1.807, 2.05) is 24.3 Å². The first-order valence-electron chi connectivity index (χ1n) is 6.32. The molecule has 2 aromatic carbocycles. The molecule has 2 aromatic rings. The van der Waals surface area contributed by atoms with Crippen molar-refractivity contribution in [2.75, 3.05) is 5.32 Å². The molecule has 0 aliphatic carbocycles. The van der Waals surface area contributed by atoms with Gasteiger partial charge in [0.1, 0.15) is 0 Å². The van der Waals surface area contributed by atoms with E-state index < -0.39 is 0 Å². The van der Waals surface area contributed by atoms with Gasteiger partial charge in [-0.2, -0.15) is 5.26 Å². The van der Waals surface area contributed by atoms with Crippen molar-refractivity contribution in [3.63, 3.8) is 0 Å². The van der Waals surface area contributed by atoms with Crippen molar-refractivity contribution in [3.8, 4) is 6.07 Å². The second-order valence-electron chi connectivity index (χ2n) is 4.74. The topological polar surface area (TPSA) is 35.8 Å². The second kappa shape index (κ2) is 5.07. The number of anilines is 1. The lowest BCUT2D eigenvalue weighted by molar-refractivity contribution is 0.666. The number of rotatable bonds is 1. The lowest BCUT2D eigenvalue weighted by Gasteiger charge is -2.28. The normalized spacial score (nSPS) is 17.2. The molecule has 1 heterocycles. The summed E-state index contributed by atoms with van der Waals surface area (Å²) in [5, 5.41) is 12.5. The maximum atomic E-state index is 8.98. The number of nitrogens with zero attached hydrogens (tertiary/aromatic N) is 1. The predicted octanol–water partition coefficient (Wildman–Crippen LogP) is 4.42. The molecule has 0 fully saturated rings. The summed E-state index contributed by atoms with van der Waals surface area (Å²) in [5.41, 5.74) is 4.44. The number of nitriles is 1. The highest BCUT2D eigenvalue weighted by Crippen LogP contribution is 2.36. The monoisotopic (exact) mass is 312 g/mol. The number of fused-ring (bicyclic) bond motifs is 1. The van der Waals surface area contributed by atoms with Crippen molar-refractivity contribution in [2.45, 2.75) is 18.9 Å². The van der Waals surface area contributed by atoms with E-state index in [1.165, 1.54) is 21.3 Å². The third-order valence-corrected chi connectivity index (χ3v) is 4.29. The van der Waals surface area contributed by atoms with Gasteiger partial charge in [-0.15, -0.1) is 0 Å². The summed E-state index contributed by atoms with van der Waals surface area (Å²) in [6, 6.07) is 16.6. The molecule has 1 unspecified atom stereocenters. The Labute approximate surface area is 121 Å². The molecule has 1 aliphatic rings. The van der Waals surface area contributed by atoms with E-state index in [1.54, 1.807) is 0 Å². The fourth-order valence-corrected chi connectivity index (χ4v) is 3.14. The number of hydrogen-bond acceptors (Lipinski definition) is 2. The minimum absolute atomic E-state index is 0.287. The van der Waals surface area contributed by atoms with Gasteiger partial charge in [0, 0.05) is 10.2 Å². The van der Waals surface area contributed by atoms with Crippen LogP contribution in [0.3, 0.4) is 0 Å². The van der Waals surface area contributed by atoms with Gasteiger partial charge >= 0.3 is 0 Å². The molecule has 0 saturated heterocycles. The number of hydrogen-bond donors (Lipinski definition) is 1. The van der Waals surface area contributed by atoms with E-state index in [0.29, 0.717) is 0 Å². The largest absolute Gasteiger partial charge is 0.378 e. The molecule has 0 radical (unpaired) electrons. The van der Waals surface area contributed by atoms with Gasteiger partial charge in [0.05, 0.1) is 17.7 Å². The Kier molecular flexibility index (Phi) is 3.27. The van der Waals surface area contributed by atoms with Crippen molar-refractivity contribution < 1.29 is 0 Å². The zero-order valence-corrected chi connectivity index (χ0v) is 11.9. The van der Waals surface area contributed by atoms with E-state index in [2.05, 4.69) is 45.5 Å². The van der Waals surface area contributed by atoms with Crippen molar-refractivity contribution in [2.24, 2.45) is 0 Å². The fraction of sp³-hybridized carbons (Fsp3) is 0.188. The maximum absolute atomic E-state index is 8.98. The SMILES string of the molecule is N#Cc1cccc(C2CCc3c(Br)cccc3N2)c1.